The molecule has 1 heterocycles. The van der Waals surface area contributed by atoms with Gasteiger partial charge in [-0.25, -0.2) is 4.79 Å². The minimum Gasteiger partial charge on any atom is -0.494 e. The fraction of sp³-hybridized carbons (Fsp3) is 0.385. The van der Waals surface area contributed by atoms with Gasteiger partial charge in [-0.3, -0.25) is 4.79 Å². The van der Waals surface area contributed by atoms with Crippen LogP contribution in [0.2, 0.25) is 10.0 Å². The molecule has 2 rings (SSSR count). The molecule has 0 aromatic heterocycles. The Labute approximate surface area is 131 Å². The van der Waals surface area contributed by atoms with Gasteiger partial charge in [0.15, 0.2) is 5.75 Å². The number of anilines is 1. The van der Waals surface area contributed by atoms with E-state index in [9.17, 15) is 9.59 Å². The first-order valence-corrected chi connectivity index (χ1v) is 6.99. The van der Waals surface area contributed by atoms with Crippen LogP contribution in [-0.4, -0.2) is 42.2 Å². The number of carboxylic acid groups (broad SMARTS) is 1. The van der Waals surface area contributed by atoms with Crippen molar-refractivity contribution >= 4 is 40.9 Å². The van der Waals surface area contributed by atoms with Crippen LogP contribution in [-0.2, 0) is 4.79 Å². The van der Waals surface area contributed by atoms with Crippen molar-refractivity contribution in [3.63, 3.8) is 0 Å². The molecule has 1 unspecified atom stereocenters. The van der Waals surface area contributed by atoms with E-state index in [1.54, 1.807) is 0 Å². The molecular weight excluding hydrogens is 319 g/mol. The number of hydrogen-bond acceptors (Lipinski definition) is 3. The number of likely N-dealkylation sites (tertiary alicyclic amines) is 1. The second-order valence-corrected chi connectivity index (χ2v) is 5.49. The van der Waals surface area contributed by atoms with E-state index < -0.39 is 11.9 Å². The number of hydrogen-bond donors (Lipinski definition) is 2. The molecule has 1 atom stereocenters. The maximum Gasteiger partial charge on any atom is 0.321 e. The Morgan fingerprint density at radius 2 is 2.00 bits per heavy atom. The molecule has 0 spiro atoms. The van der Waals surface area contributed by atoms with E-state index in [4.69, 9.17) is 33.0 Å². The first-order chi connectivity index (χ1) is 9.92. The maximum absolute atomic E-state index is 12.1. The van der Waals surface area contributed by atoms with Gasteiger partial charge in [0.2, 0.25) is 0 Å². The number of urea groups is 1. The Bertz CT molecular complexity index is 556. The number of methoxy groups -OCH3 is 1. The van der Waals surface area contributed by atoms with Gasteiger partial charge in [0.1, 0.15) is 0 Å². The molecule has 21 heavy (non-hydrogen) atoms. The standard InChI is InChI=1S/C13H14Cl2N2O4/c1-21-11-9(14)4-8(5-10(11)15)16-13(20)17-3-2-7(6-17)12(18)19/h4-5,7H,2-3,6H2,1H3,(H,16,20)(H,18,19). The summed E-state index contributed by atoms with van der Waals surface area (Å²) in [6.07, 6.45) is 0.451. The lowest BCUT2D eigenvalue weighted by atomic mass is 10.1. The molecule has 1 aliphatic rings. The van der Waals surface area contributed by atoms with Crippen LogP contribution < -0.4 is 10.1 Å². The summed E-state index contributed by atoms with van der Waals surface area (Å²) in [6, 6.07) is 2.67. The molecule has 1 aromatic rings. The average Bonchev–Trinajstić information content (AvgIpc) is 2.88. The highest BCUT2D eigenvalue weighted by Gasteiger charge is 2.30. The number of amides is 2. The van der Waals surface area contributed by atoms with Crippen molar-refractivity contribution in [1.82, 2.24) is 4.90 Å². The Balaban J connectivity index is 2.05. The fourth-order valence-electron chi connectivity index (χ4n) is 2.18. The second kappa shape index (κ2) is 6.41. The predicted octanol–water partition coefficient (Wildman–Crippen LogP) is 2.94. The summed E-state index contributed by atoms with van der Waals surface area (Å²) in [5.41, 5.74) is 0.426. The van der Waals surface area contributed by atoms with Crippen LogP contribution in [0.3, 0.4) is 0 Å². The Kier molecular flexibility index (Phi) is 4.80. The second-order valence-electron chi connectivity index (χ2n) is 4.67. The molecule has 1 aliphatic heterocycles. The number of halogens is 2. The van der Waals surface area contributed by atoms with Gasteiger partial charge in [0.05, 0.1) is 23.1 Å². The van der Waals surface area contributed by atoms with Crippen molar-refractivity contribution in [1.29, 1.82) is 0 Å². The number of carbonyl (C=O) groups is 2. The van der Waals surface area contributed by atoms with Crippen molar-refractivity contribution in [3.05, 3.63) is 22.2 Å². The van der Waals surface area contributed by atoms with Crippen molar-refractivity contribution in [3.8, 4) is 5.75 Å². The zero-order chi connectivity index (χ0) is 15.6. The predicted molar refractivity (Wildman–Crippen MR) is 79.3 cm³/mol. The van der Waals surface area contributed by atoms with Gasteiger partial charge < -0.3 is 20.1 Å². The van der Waals surface area contributed by atoms with Gasteiger partial charge in [-0.05, 0) is 18.6 Å². The van der Waals surface area contributed by atoms with Crippen molar-refractivity contribution < 1.29 is 19.4 Å². The quantitative estimate of drug-likeness (QED) is 0.891. The van der Waals surface area contributed by atoms with Gasteiger partial charge in [0, 0.05) is 18.8 Å². The molecule has 1 saturated heterocycles. The monoisotopic (exact) mass is 332 g/mol. The van der Waals surface area contributed by atoms with E-state index >= 15 is 0 Å². The fourth-order valence-corrected chi connectivity index (χ4v) is 2.82. The Morgan fingerprint density at radius 3 is 2.48 bits per heavy atom. The van der Waals surface area contributed by atoms with Crippen molar-refractivity contribution in [2.45, 2.75) is 6.42 Å². The smallest absolute Gasteiger partial charge is 0.321 e. The third-order valence-electron chi connectivity index (χ3n) is 3.28. The number of nitrogens with one attached hydrogen (secondary N) is 1. The molecule has 0 aliphatic carbocycles. The van der Waals surface area contributed by atoms with Gasteiger partial charge in [-0.15, -0.1) is 0 Å². The lowest BCUT2D eigenvalue weighted by Crippen LogP contribution is -2.33. The summed E-state index contributed by atoms with van der Waals surface area (Å²) in [7, 11) is 1.45. The summed E-state index contributed by atoms with van der Waals surface area (Å²) in [6.45, 7) is 0.596. The van der Waals surface area contributed by atoms with Crippen LogP contribution in [0, 0.1) is 5.92 Å². The van der Waals surface area contributed by atoms with Crippen LogP contribution in [0.1, 0.15) is 6.42 Å². The maximum atomic E-state index is 12.1. The molecule has 0 bridgehead atoms. The van der Waals surface area contributed by atoms with E-state index in [-0.39, 0.29) is 22.6 Å². The number of aliphatic carboxylic acids is 1. The molecule has 8 heteroatoms. The van der Waals surface area contributed by atoms with Crippen LogP contribution in [0.5, 0.6) is 5.75 Å². The molecular formula is C13H14Cl2N2O4. The van der Waals surface area contributed by atoms with Gasteiger partial charge in [-0.1, -0.05) is 23.2 Å². The number of ether oxygens (including phenoxy) is 1. The highest BCUT2D eigenvalue weighted by Crippen LogP contribution is 2.35. The van der Waals surface area contributed by atoms with Crippen LogP contribution in [0.4, 0.5) is 10.5 Å². The van der Waals surface area contributed by atoms with Gasteiger partial charge >= 0.3 is 12.0 Å². The number of nitrogens with zero attached hydrogens (tertiary/aromatic N) is 1. The highest BCUT2D eigenvalue weighted by molar-refractivity contribution is 6.37. The number of rotatable bonds is 3. The molecule has 1 fully saturated rings. The zero-order valence-electron chi connectivity index (χ0n) is 11.2. The molecule has 1 aromatic carbocycles. The minimum absolute atomic E-state index is 0.193. The van der Waals surface area contributed by atoms with E-state index in [0.29, 0.717) is 24.4 Å². The molecule has 0 radical (unpaired) electrons. The number of benzene rings is 1. The molecule has 114 valence electrons. The number of carbonyl (C=O) groups excluding carboxylic acids is 1. The molecule has 2 N–H and O–H groups in total. The van der Waals surface area contributed by atoms with E-state index in [1.807, 2.05) is 0 Å². The highest BCUT2D eigenvalue weighted by atomic mass is 35.5. The number of carboxylic acids is 1. The largest absolute Gasteiger partial charge is 0.494 e. The lowest BCUT2D eigenvalue weighted by molar-refractivity contribution is -0.141. The molecule has 0 saturated carbocycles. The normalized spacial score (nSPS) is 17.7. The summed E-state index contributed by atoms with van der Waals surface area (Å²) in [5.74, 6) is -1.07. The SMILES string of the molecule is COc1c(Cl)cc(NC(=O)N2CCC(C(=O)O)C2)cc1Cl. The van der Waals surface area contributed by atoms with E-state index in [2.05, 4.69) is 5.32 Å². The first kappa shape index (κ1) is 15.7. The Morgan fingerprint density at radius 1 is 1.38 bits per heavy atom. The summed E-state index contributed by atoms with van der Waals surface area (Å²) >= 11 is 12.0. The van der Waals surface area contributed by atoms with Crippen LogP contribution >= 0.6 is 23.2 Å². The Hall–Kier alpha value is -1.66. The van der Waals surface area contributed by atoms with E-state index in [1.165, 1.54) is 24.1 Å². The topological polar surface area (TPSA) is 78.9 Å². The average molecular weight is 333 g/mol. The van der Waals surface area contributed by atoms with Gasteiger partial charge in [-0.2, -0.15) is 0 Å². The summed E-state index contributed by atoms with van der Waals surface area (Å²) < 4.78 is 5.02. The third-order valence-corrected chi connectivity index (χ3v) is 3.84. The van der Waals surface area contributed by atoms with Gasteiger partial charge in [0.25, 0.3) is 0 Å². The third kappa shape index (κ3) is 3.51. The molecule has 2 amide bonds. The van der Waals surface area contributed by atoms with Crippen LogP contribution in [0.25, 0.3) is 0 Å². The summed E-state index contributed by atoms with van der Waals surface area (Å²) in [5, 5.41) is 12.1. The summed E-state index contributed by atoms with van der Waals surface area (Å²) in [4.78, 5) is 24.4. The minimum atomic E-state index is -0.888. The first-order valence-electron chi connectivity index (χ1n) is 6.24. The van der Waals surface area contributed by atoms with E-state index in [0.717, 1.165) is 0 Å². The van der Waals surface area contributed by atoms with Crippen molar-refractivity contribution in [2.24, 2.45) is 5.92 Å². The zero-order valence-corrected chi connectivity index (χ0v) is 12.7. The lowest BCUT2D eigenvalue weighted by Gasteiger charge is -2.17. The van der Waals surface area contributed by atoms with Crippen molar-refractivity contribution in [2.75, 3.05) is 25.5 Å². The molecule has 6 nitrogen and oxygen atoms in total. The van der Waals surface area contributed by atoms with Crippen LogP contribution in [0.15, 0.2) is 12.1 Å².